The van der Waals surface area contributed by atoms with Crippen molar-refractivity contribution in [3.05, 3.63) is 94.7 Å². The molecule has 1 amide bonds. The highest BCUT2D eigenvalue weighted by Gasteiger charge is 2.18. The highest BCUT2D eigenvalue weighted by atomic mass is 32.2. The van der Waals surface area contributed by atoms with Crippen molar-refractivity contribution < 1.29 is 13.2 Å². The van der Waals surface area contributed by atoms with Gasteiger partial charge in [0.05, 0.1) is 16.6 Å². The van der Waals surface area contributed by atoms with Gasteiger partial charge in [0.2, 0.25) is 10.0 Å². The van der Waals surface area contributed by atoms with Gasteiger partial charge in [-0.05, 0) is 54.3 Å². The molecular weight excluding hydrogens is 446 g/mol. The fourth-order valence-corrected chi connectivity index (χ4v) is 4.88. The third kappa shape index (κ3) is 5.10. The molecule has 4 rings (SSSR count). The molecular formula is C22H21N5O3S2. The van der Waals surface area contributed by atoms with Crippen molar-refractivity contribution in [1.29, 1.82) is 0 Å². The van der Waals surface area contributed by atoms with E-state index in [2.05, 4.69) is 20.1 Å². The molecule has 2 aromatic heterocycles. The van der Waals surface area contributed by atoms with Crippen molar-refractivity contribution >= 4 is 27.3 Å². The van der Waals surface area contributed by atoms with Crippen LogP contribution in [0.3, 0.4) is 0 Å². The number of amides is 1. The highest BCUT2D eigenvalue weighted by molar-refractivity contribution is 7.89. The molecule has 0 bridgehead atoms. The lowest BCUT2D eigenvalue weighted by Crippen LogP contribution is -2.27. The fourth-order valence-electron chi connectivity index (χ4n) is 3.09. The summed E-state index contributed by atoms with van der Waals surface area (Å²) in [7, 11) is -3.74. The molecule has 1 unspecified atom stereocenters. The molecule has 0 saturated carbocycles. The van der Waals surface area contributed by atoms with Gasteiger partial charge in [-0.2, -0.15) is 5.10 Å². The molecule has 32 heavy (non-hydrogen) atoms. The molecule has 0 aliphatic heterocycles. The first-order chi connectivity index (χ1) is 15.4. The van der Waals surface area contributed by atoms with Crippen molar-refractivity contribution in [1.82, 2.24) is 24.8 Å². The molecule has 1 atom stereocenters. The number of sulfonamides is 1. The van der Waals surface area contributed by atoms with Crippen molar-refractivity contribution in [3.63, 3.8) is 0 Å². The molecule has 2 aromatic carbocycles. The van der Waals surface area contributed by atoms with Crippen LogP contribution in [0.15, 0.2) is 83.6 Å². The van der Waals surface area contributed by atoms with Crippen molar-refractivity contribution in [2.75, 3.05) is 0 Å². The van der Waals surface area contributed by atoms with Gasteiger partial charge >= 0.3 is 0 Å². The SMILES string of the molecule is CC(NC(=O)c1cccc(S(=O)(=O)NCc2cccs2)c1)c1ccc(-n2cncn2)cc1. The van der Waals surface area contributed by atoms with Crippen LogP contribution in [0.5, 0.6) is 0 Å². The molecule has 4 aromatic rings. The largest absolute Gasteiger partial charge is 0.346 e. The molecule has 0 aliphatic carbocycles. The number of benzene rings is 2. The Morgan fingerprint density at radius 1 is 1.12 bits per heavy atom. The Morgan fingerprint density at radius 2 is 1.94 bits per heavy atom. The molecule has 2 heterocycles. The summed E-state index contributed by atoms with van der Waals surface area (Å²) in [5.74, 6) is -0.354. The van der Waals surface area contributed by atoms with E-state index >= 15 is 0 Å². The first kappa shape index (κ1) is 21.9. The minimum absolute atomic E-state index is 0.0477. The normalized spacial score (nSPS) is 12.4. The van der Waals surface area contributed by atoms with Gasteiger partial charge in [0.15, 0.2) is 0 Å². The third-order valence-electron chi connectivity index (χ3n) is 4.85. The summed E-state index contributed by atoms with van der Waals surface area (Å²) in [6.45, 7) is 2.07. The van der Waals surface area contributed by atoms with Crippen LogP contribution in [-0.4, -0.2) is 29.1 Å². The van der Waals surface area contributed by atoms with Crippen LogP contribution < -0.4 is 10.0 Å². The standard InChI is InChI=1S/C22H21N5O3S2/c1-16(17-7-9-19(10-8-17)27-15-23-14-24-27)26-22(28)18-4-2-6-21(12-18)32(29,30)25-13-20-5-3-11-31-20/h2-12,14-16,25H,13H2,1H3,(H,26,28). The van der Waals surface area contributed by atoms with E-state index in [-0.39, 0.29) is 29.0 Å². The molecule has 10 heteroatoms. The van der Waals surface area contributed by atoms with Crippen LogP contribution in [0.4, 0.5) is 0 Å². The van der Waals surface area contributed by atoms with Gasteiger partial charge in [0.1, 0.15) is 12.7 Å². The van der Waals surface area contributed by atoms with Gasteiger partial charge in [0, 0.05) is 17.0 Å². The van der Waals surface area contributed by atoms with Crippen LogP contribution in [-0.2, 0) is 16.6 Å². The molecule has 164 valence electrons. The number of rotatable bonds is 8. The maximum absolute atomic E-state index is 12.8. The molecule has 0 saturated heterocycles. The first-order valence-electron chi connectivity index (χ1n) is 9.80. The van der Waals surface area contributed by atoms with Gasteiger partial charge in [0.25, 0.3) is 5.91 Å². The monoisotopic (exact) mass is 467 g/mol. The van der Waals surface area contributed by atoms with E-state index in [4.69, 9.17) is 0 Å². The summed E-state index contributed by atoms with van der Waals surface area (Å²) in [6.07, 6.45) is 3.07. The topological polar surface area (TPSA) is 106 Å². The zero-order valence-corrected chi connectivity index (χ0v) is 18.8. The van der Waals surface area contributed by atoms with Gasteiger partial charge < -0.3 is 5.32 Å². The Labute approximate surface area is 190 Å². The average Bonchev–Trinajstić information content (AvgIpc) is 3.52. The van der Waals surface area contributed by atoms with E-state index in [1.165, 1.54) is 29.8 Å². The summed E-state index contributed by atoms with van der Waals surface area (Å²) in [5, 5.41) is 8.89. The van der Waals surface area contributed by atoms with Crippen LogP contribution in [0.25, 0.3) is 5.69 Å². The minimum Gasteiger partial charge on any atom is -0.346 e. The third-order valence-corrected chi connectivity index (χ3v) is 7.12. The molecule has 2 N–H and O–H groups in total. The Bertz CT molecular complexity index is 1290. The number of carbonyl (C=O) groups excluding carboxylic acids is 1. The number of nitrogens with zero attached hydrogens (tertiary/aromatic N) is 3. The van der Waals surface area contributed by atoms with Gasteiger partial charge in [-0.3, -0.25) is 4.79 Å². The summed E-state index contributed by atoms with van der Waals surface area (Å²) in [5.41, 5.74) is 2.04. The summed E-state index contributed by atoms with van der Waals surface area (Å²) in [4.78, 5) is 17.6. The molecule has 0 fully saturated rings. The van der Waals surface area contributed by atoms with E-state index in [0.717, 1.165) is 16.1 Å². The Kier molecular flexibility index (Phi) is 6.45. The Morgan fingerprint density at radius 3 is 2.62 bits per heavy atom. The maximum atomic E-state index is 12.8. The minimum atomic E-state index is -3.74. The molecule has 0 radical (unpaired) electrons. The number of carbonyl (C=O) groups is 1. The number of aromatic nitrogens is 3. The Hall–Kier alpha value is -3.34. The predicted molar refractivity (Wildman–Crippen MR) is 122 cm³/mol. The van der Waals surface area contributed by atoms with E-state index in [0.29, 0.717) is 0 Å². The smallest absolute Gasteiger partial charge is 0.251 e. The van der Waals surface area contributed by atoms with Crippen LogP contribution >= 0.6 is 11.3 Å². The first-order valence-corrected chi connectivity index (χ1v) is 12.2. The summed E-state index contributed by atoms with van der Waals surface area (Å²) in [6, 6.07) is 17.0. The lowest BCUT2D eigenvalue weighted by Gasteiger charge is -2.15. The van der Waals surface area contributed by atoms with Crippen LogP contribution in [0.2, 0.25) is 0 Å². The van der Waals surface area contributed by atoms with Gasteiger partial charge in [-0.15, -0.1) is 11.3 Å². The average molecular weight is 468 g/mol. The van der Waals surface area contributed by atoms with Crippen LogP contribution in [0, 0.1) is 0 Å². The molecule has 0 aliphatic rings. The van der Waals surface area contributed by atoms with Crippen LogP contribution in [0.1, 0.15) is 33.8 Å². The van der Waals surface area contributed by atoms with Crippen molar-refractivity contribution in [2.24, 2.45) is 0 Å². The quantitative estimate of drug-likeness (QED) is 0.414. The molecule has 8 nitrogen and oxygen atoms in total. The fraction of sp³-hybridized carbons (Fsp3) is 0.136. The number of hydrogen-bond acceptors (Lipinski definition) is 6. The van der Waals surface area contributed by atoms with E-state index in [9.17, 15) is 13.2 Å². The number of thiophene rings is 1. The second-order valence-corrected chi connectivity index (χ2v) is 9.86. The van der Waals surface area contributed by atoms with E-state index in [1.807, 2.05) is 48.7 Å². The second kappa shape index (κ2) is 9.43. The van der Waals surface area contributed by atoms with E-state index in [1.54, 1.807) is 23.1 Å². The lowest BCUT2D eigenvalue weighted by atomic mass is 10.1. The van der Waals surface area contributed by atoms with Gasteiger partial charge in [-0.25, -0.2) is 22.8 Å². The van der Waals surface area contributed by atoms with Crippen molar-refractivity contribution in [2.45, 2.75) is 24.4 Å². The molecule has 0 spiro atoms. The van der Waals surface area contributed by atoms with Gasteiger partial charge in [-0.1, -0.05) is 24.3 Å². The Balaban J connectivity index is 1.43. The zero-order valence-electron chi connectivity index (χ0n) is 17.2. The van der Waals surface area contributed by atoms with E-state index < -0.39 is 10.0 Å². The highest BCUT2D eigenvalue weighted by Crippen LogP contribution is 2.18. The summed E-state index contributed by atoms with van der Waals surface area (Å²) < 4.78 is 29.5. The number of nitrogens with one attached hydrogen (secondary N) is 2. The second-order valence-electron chi connectivity index (χ2n) is 7.06. The maximum Gasteiger partial charge on any atom is 0.251 e. The lowest BCUT2D eigenvalue weighted by molar-refractivity contribution is 0.0939. The summed E-state index contributed by atoms with van der Waals surface area (Å²) >= 11 is 1.47. The number of hydrogen-bond donors (Lipinski definition) is 2. The van der Waals surface area contributed by atoms with Crippen molar-refractivity contribution in [3.8, 4) is 5.69 Å². The predicted octanol–water partition coefficient (Wildman–Crippen LogP) is 3.30. The zero-order chi connectivity index (χ0) is 22.6.